The van der Waals surface area contributed by atoms with Gasteiger partial charge in [0.1, 0.15) is 0 Å². The van der Waals surface area contributed by atoms with Crippen LogP contribution < -0.4 is 5.32 Å². The first kappa shape index (κ1) is 10.2. The molecule has 1 N–H and O–H groups in total. The van der Waals surface area contributed by atoms with Crippen LogP contribution in [0.2, 0.25) is 0 Å². The quantitative estimate of drug-likeness (QED) is 0.484. The van der Waals surface area contributed by atoms with Gasteiger partial charge < -0.3 is 5.32 Å². The Morgan fingerprint density at radius 1 is 1.30 bits per heavy atom. The van der Waals surface area contributed by atoms with E-state index < -0.39 is 0 Å². The van der Waals surface area contributed by atoms with Crippen LogP contribution in [0, 0.1) is 5.92 Å². The molecule has 0 amide bonds. The van der Waals surface area contributed by atoms with Crippen molar-refractivity contribution in [2.75, 3.05) is 13.1 Å². The number of halogens is 1. The van der Waals surface area contributed by atoms with Gasteiger partial charge in [0, 0.05) is 5.38 Å². The second-order valence-corrected chi connectivity index (χ2v) is 3.91. The Kier molecular flexibility index (Phi) is 6.14. The van der Waals surface area contributed by atoms with Gasteiger partial charge in [-0.2, -0.15) is 0 Å². The summed E-state index contributed by atoms with van der Waals surface area (Å²) in [6.45, 7) is 8.58. The summed E-state index contributed by atoms with van der Waals surface area (Å²) in [5, 5.41) is 3.64. The summed E-state index contributed by atoms with van der Waals surface area (Å²) >= 11 is 5.75. The molecule has 0 bridgehead atoms. The smallest absolute Gasteiger partial charge is 0.0319 e. The van der Waals surface area contributed by atoms with Crippen LogP contribution in [0.25, 0.3) is 0 Å². The molecule has 62 valence electrons. The maximum atomic E-state index is 5.75. The van der Waals surface area contributed by atoms with E-state index in [0.29, 0.717) is 5.38 Å². The van der Waals surface area contributed by atoms with Gasteiger partial charge in [-0.3, -0.25) is 0 Å². The predicted molar refractivity (Wildman–Crippen MR) is 47.6 cm³/mol. The number of hydrogen-bond acceptors (Lipinski definition) is 1. The zero-order valence-corrected chi connectivity index (χ0v) is 7.91. The molecule has 0 aromatic rings. The molecule has 1 nitrogen and oxygen atoms in total. The Balaban J connectivity index is 2.91. The first-order chi connectivity index (χ1) is 4.63. The topological polar surface area (TPSA) is 12.0 Å². The van der Waals surface area contributed by atoms with E-state index in [1.165, 1.54) is 0 Å². The van der Waals surface area contributed by atoms with Gasteiger partial charge in [-0.15, -0.1) is 11.6 Å². The number of hydrogen-bond donors (Lipinski definition) is 1. The van der Waals surface area contributed by atoms with Gasteiger partial charge in [0.2, 0.25) is 0 Å². The van der Waals surface area contributed by atoms with Crippen molar-refractivity contribution >= 4 is 11.6 Å². The van der Waals surface area contributed by atoms with Gasteiger partial charge in [0.15, 0.2) is 0 Å². The number of rotatable bonds is 5. The normalized spacial score (nSPS) is 14.1. The monoisotopic (exact) mass is 163 g/mol. The van der Waals surface area contributed by atoms with Crippen molar-refractivity contribution in [3.8, 4) is 0 Å². The molecule has 0 spiro atoms. The summed E-state index contributed by atoms with van der Waals surface area (Å²) in [4.78, 5) is 0. The molecule has 2 heteroatoms. The Morgan fingerprint density at radius 2 is 1.90 bits per heavy atom. The largest absolute Gasteiger partial charge is 0.316 e. The van der Waals surface area contributed by atoms with Crippen molar-refractivity contribution in [2.45, 2.75) is 32.6 Å². The van der Waals surface area contributed by atoms with E-state index in [4.69, 9.17) is 11.6 Å². The summed E-state index contributed by atoms with van der Waals surface area (Å²) in [5.41, 5.74) is 0. The molecule has 0 saturated heterocycles. The molecule has 0 heterocycles. The van der Waals surface area contributed by atoms with E-state index in [9.17, 15) is 0 Å². The van der Waals surface area contributed by atoms with Gasteiger partial charge in [0.25, 0.3) is 0 Å². The molecule has 10 heavy (non-hydrogen) atoms. The van der Waals surface area contributed by atoms with Crippen LogP contribution in [-0.4, -0.2) is 18.5 Å². The summed E-state index contributed by atoms with van der Waals surface area (Å²) in [6, 6.07) is 0. The fraction of sp³-hybridized carbons (Fsp3) is 1.00. The first-order valence-corrected chi connectivity index (χ1v) is 4.41. The molecule has 0 aromatic heterocycles. The van der Waals surface area contributed by atoms with Gasteiger partial charge in [0.05, 0.1) is 0 Å². The predicted octanol–water partition coefficient (Wildman–Crippen LogP) is 2.25. The van der Waals surface area contributed by atoms with Gasteiger partial charge in [-0.25, -0.2) is 0 Å². The molecule has 0 aliphatic heterocycles. The average Bonchev–Trinajstić information content (AvgIpc) is 1.79. The number of alkyl halides is 1. The second-order valence-electron chi connectivity index (χ2n) is 3.17. The van der Waals surface area contributed by atoms with Crippen LogP contribution >= 0.6 is 11.6 Å². The van der Waals surface area contributed by atoms with E-state index in [1.54, 1.807) is 0 Å². The molecular weight excluding hydrogens is 146 g/mol. The van der Waals surface area contributed by atoms with Crippen LogP contribution in [-0.2, 0) is 0 Å². The first-order valence-electron chi connectivity index (χ1n) is 3.97. The highest BCUT2D eigenvalue weighted by Crippen LogP contribution is 1.97. The third kappa shape index (κ3) is 8.25. The lowest BCUT2D eigenvalue weighted by molar-refractivity contribution is 0.542. The molecule has 0 saturated carbocycles. The lowest BCUT2D eigenvalue weighted by atomic mass is 10.2. The van der Waals surface area contributed by atoms with Crippen molar-refractivity contribution in [3.63, 3.8) is 0 Å². The van der Waals surface area contributed by atoms with Crippen LogP contribution in [0.1, 0.15) is 27.2 Å². The summed E-state index contributed by atoms with van der Waals surface area (Å²) in [6.07, 6.45) is 1.06. The van der Waals surface area contributed by atoms with Crippen molar-refractivity contribution < 1.29 is 0 Å². The maximum absolute atomic E-state index is 5.75. The molecule has 0 aliphatic carbocycles. The van der Waals surface area contributed by atoms with E-state index in [2.05, 4.69) is 19.2 Å². The van der Waals surface area contributed by atoms with Gasteiger partial charge in [-0.1, -0.05) is 13.8 Å². The molecule has 0 rings (SSSR count). The summed E-state index contributed by atoms with van der Waals surface area (Å²) < 4.78 is 0. The van der Waals surface area contributed by atoms with Crippen LogP contribution in [0.5, 0.6) is 0 Å². The lowest BCUT2D eigenvalue weighted by Crippen LogP contribution is -2.22. The van der Waals surface area contributed by atoms with Crippen LogP contribution in [0.4, 0.5) is 0 Å². The Hall–Kier alpha value is 0.250. The number of nitrogens with one attached hydrogen (secondary N) is 1. The zero-order chi connectivity index (χ0) is 7.98. The highest BCUT2D eigenvalue weighted by atomic mass is 35.5. The van der Waals surface area contributed by atoms with Crippen LogP contribution in [0.15, 0.2) is 0 Å². The SMILES string of the molecule is CC(C)CNCCC(C)Cl. The standard InChI is InChI=1S/C8H18ClN/c1-7(2)6-10-5-4-8(3)9/h7-8,10H,4-6H2,1-3H3. The Bertz CT molecular complexity index is 61.7. The van der Waals surface area contributed by atoms with Gasteiger partial charge in [-0.05, 0) is 32.4 Å². The third-order valence-corrected chi connectivity index (χ3v) is 1.49. The average molecular weight is 164 g/mol. The summed E-state index contributed by atoms with van der Waals surface area (Å²) in [7, 11) is 0. The third-order valence-electron chi connectivity index (χ3n) is 1.27. The maximum Gasteiger partial charge on any atom is 0.0319 e. The zero-order valence-electron chi connectivity index (χ0n) is 7.15. The van der Waals surface area contributed by atoms with E-state index in [-0.39, 0.29) is 0 Å². The summed E-state index contributed by atoms with van der Waals surface area (Å²) in [5.74, 6) is 0.741. The lowest BCUT2D eigenvalue weighted by Gasteiger charge is -2.07. The molecular formula is C8H18ClN. The highest BCUT2D eigenvalue weighted by molar-refractivity contribution is 6.20. The molecule has 0 fully saturated rings. The highest BCUT2D eigenvalue weighted by Gasteiger charge is 1.95. The van der Waals surface area contributed by atoms with E-state index in [1.807, 2.05) is 6.92 Å². The second kappa shape index (κ2) is 5.99. The molecule has 0 aliphatic rings. The van der Waals surface area contributed by atoms with Crippen molar-refractivity contribution in [2.24, 2.45) is 5.92 Å². The van der Waals surface area contributed by atoms with E-state index in [0.717, 1.165) is 25.4 Å². The fourth-order valence-electron chi connectivity index (χ4n) is 0.692. The van der Waals surface area contributed by atoms with E-state index >= 15 is 0 Å². The molecule has 1 unspecified atom stereocenters. The molecule has 1 atom stereocenters. The minimum atomic E-state index is 0.305. The van der Waals surface area contributed by atoms with Crippen molar-refractivity contribution in [1.82, 2.24) is 5.32 Å². The molecule has 0 aromatic carbocycles. The van der Waals surface area contributed by atoms with Crippen LogP contribution in [0.3, 0.4) is 0 Å². The fourth-order valence-corrected chi connectivity index (χ4v) is 0.801. The van der Waals surface area contributed by atoms with Gasteiger partial charge >= 0.3 is 0 Å². The Labute approximate surface area is 69.1 Å². The molecule has 0 radical (unpaired) electrons. The minimum absolute atomic E-state index is 0.305. The Morgan fingerprint density at radius 3 is 2.30 bits per heavy atom. The van der Waals surface area contributed by atoms with Crippen molar-refractivity contribution in [1.29, 1.82) is 0 Å². The van der Waals surface area contributed by atoms with Crippen molar-refractivity contribution in [3.05, 3.63) is 0 Å². The minimum Gasteiger partial charge on any atom is -0.316 e.